The van der Waals surface area contributed by atoms with Crippen molar-refractivity contribution >= 4 is 28.6 Å². The largest absolute Gasteiger partial charge is 0.493 e. The van der Waals surface area contributed by atoms with Crippen molar-refractivity contribution < 1.29 is 14.6 Å². The van der Waals surface area contributed by atoms with E-state index in [4.69, 9.17) is 9.84 Å². The molecule has 4 heteroatoms. The van der Waals surface area contributed by atoms with Crippen LogP contribution in [0.2, 0.25) is 0 Å². The molecule has 1 rings (SSSR count). The highest BCUT2D eigenvalue weighted by Gasteiger charge is 2.08. The Morgan fingerprint density at radius 3 is 2.88 bits per heavy atom. The summed E-state index contributed by atoms with van der Waals surface area (Å²) >= 11 is 2.36. The fourth-order valence-electron chi connectivity index (χ4n) is 1.49. The molecule has 1 unspecified atom stereocenters. The normalized spacial score (nSPS) is 12.1. The Hall–Kier alpha value is -0.780. The monoisotopic (exact) mass is 348 g/mol. The minimum Gasteiger partial charge on any atom is -0.493 e. The van der Waals surface area contributed by atoms with E-state index < -0.39 is 5.97 Å². The molecule has 0 spiro atoms. The second-order valence-electron chi connectivity index (χ2n) is 3.90. The fraction of sp³-hybridized carbons (Fsp3) is 0.462. The summed E-state index contributed by atoms with van der Waals surface area (Å²) in [6.45, 7) is 2.80. The highest BCUT2D eigenvalue weighted by molar-refractivity contribution is 14.1. The van der Waals surface area contributed by atoms with Gasteiger partial charge in [0.05, 0.1) is 12.2 Å². The van der Waals surface area contributed by atoms with Crippen LogP contribution in [-0.2, 0) is 0 Å². The quantitative estimate of drug-likeness (QED) is 0.605. The Balaban J connectivity index is 2.56. The average Bonchev–Trinajstić information content (AvgIpc) is 2.34. The zero-order valence-electron chi connectivity index (χ0n) is 9.86. The Morgan fingerprint density at radius 1 is 1.53 bits per heavy atom. The highest BCUT2D eigenvalue weighted by Crippen LogP contribution is 2.17. The first-order valence-electron chi connectivity index (χ1n) is 5.69. The van der Waals surface area contributed by atoms with Gasteiger partial charge in [0.1, 0.15) is 5.75 Å². The van der Waals surface area contributed by atoms with Crippen LogP contribution in [0.25, 0.3) is 0 Å². The summed E-state index contributed by atoms with van der Waals surface area (Å²) < 4.78 is 6.76. The topological polar surface area (TPSA) is 46.5 Å². The lowest BCUT2D eigenvalue weighted by Crippen LogP contribution is -2.12. The van der Waals surface area contributed by atoms with Crippen LogP contribution >= 0.6 is 22.6 Å². The van der Waals surface area contributed by atoms with Crippen LogP contribution in [0.1, 0.15) is 30.1 Å². The zero-order chi connectivity index (χ0) is 12.7. The molecule has 1 N–H and O–H groups in total. The number of aromatic carboxylic acids is 1. The Kier molecular flexibility index (Phi) is 6.32. The van der Waals surface area contributed by atoms with Gasteiger partial charge in [0.2, 0.25) is 0 Å². The van der Waals surface area contributed by atoms with Crippen LogP contribution in [0.4, 0.5) is 0 Å². The molecule has 0 aromatic heterocycles. The molecule has 1 aromatic rings. The molecule has 0 aliphatic rings. The number of carboxylic acids is 1. The summed E-state index contributed by atoms with van der Waals surface area (Å²) in [7, 11) is 0. The Morgan fingerprint density at radius 2 is 2.29 bits per heavy atom. The number of alkyl halides is 1. The van der Waals surface area contributed by atoms with E-state index in [1.165, 1.54) is 0 Å². The van der Waals surface area contributed by atoms with Gasteiger partial charge in [-0.3, -0.25) is 0 Å². The lowest BCUT2D eigenvalue weighted by molar-refractivity contribution is 0.0696. The lowest BCUT2D eigenvalue weighted by Gasteiger charge is -2.14. The van der Waals surface area contributed by atoms with Gasteiger partial charge in [-0.05, 0) is 35.0 Å². The third kappa shape index (κ3) is 4.93. The maximum atomic E-state index is 10.8. The minimum atomic E-state index is -0.922. The number of hydrogen-bond donors (Lipinski definition) is 1. The van der Waals surface area contributed by atoms with Gasteiger partial charge in [-0.1, -0.05) is 42.0 Å². The van der Waals surface area contributed by atoms with Crippen LogP contribution in [-0.4, -0.2) is 22.1 Å². The molecule has 0 saturated carbocycles. The van der Waals surface area contributed by atoms with Gasteiger partial charge >= 0.3 is 5.97 Å². The number of hydrogen-bond acceptors (Lipinski definition) is 2. The summed E-state index contributed by atoms with van der Waals surface area (Å²) in [6, 6.07) is 6.64. The molecule has 0 aliphatic carbocycles. The molecule has 0 bridgehead atoms. The van der Waals surface area contributed by atoms with E-state index in [0.717, 1.165) is 17.3 Å². The maximum Gasteiger partial charge on any atom is 0.335 e. The molecule has 0 amide bonds. The summed E-state index contributed by atoms with van der Waals surface area (Å²) in [5.41, 5.74) is 0.268. The van der Waals surface area contributed by atoms with E-state index >= 15 is 0 Å². The van der Waals surface area contributed by atoms with Crippen molar-refractivity contribution in [3.05, 3.63) is 29.8 Å². The van der Waals surface area contributed by atoms with Crippen molar-refractivity contribution in [3.8, 4) is 5.75 Å². The van der Waals surface area contributed by atoms with Crippen molar-refractivity contribution in [3.63, 3.8) is 0 Å². The molecule has 0 heterocycles. The van der Waals surface area contributed by atoms with Crippen molar-refractivity contribution in [1.29, 1.82) is 0 Å². The molecule has 94 valence electrons. The summed E-state index contributed by atoms with van der Waals surface area (Å²) in [4.78, 5) is 10.8. The number of halogens is 1. The third-order valence-electron chi connectivity index (χ3n) is 2.66. The van der Waals surface area contributed by atoms with Gasteiger partial charge in [-0.15, -0.1) is 0 Å². The first-order valence-corrected chi connectivity index (χ1v) is 7.22. The SMILES string of the molecule is CCC(CCI)COc1cccc(C(=O)O)c1. The fourth-order valence-corrected chi connectivity index (χ4v) is 2.37. The maximum absolute atomic E-state index is 10.8. The molecule has 0 saturated heterocycles. The molecular formula is C13H17IO3. The second kappa shape index (κ2) is 7.53. The molecule has 17 heavy (non-hydrogen) atoms. The minimum absolute atomic E-state index is 0.268. The van der Waals surface area contributed by atoms with E-state index in [9.17, 15) is 4.79 Å². The van der Waals surface area contributed by atoms with E-state index in [-0.39, 0.29) is 5.56 Å². The van der Waals surface area contributed by atoms with Gasteiger partial charge in [0.25, 0.3) is 0 Å². The highest BCUT2D eigenvalue weighted by atomic mass is 127. The van der Waals surface area contributed by atoms with Gasteiger partial charge in [0, 0.05) is 0 Å². The average molecular weight is 348 g/mol. The summed E-state index contributed by atoms with van der Waals surface area (Å²) in [5.74, 6) is 0.256. The van der Waals surface area contributed by atoms with Crippen molar-refractivity contribution in [1.82, 2.24) is 0 Å². The predicted octanol–water partition coefficient (Wildman–Crippen LogP) is 3.61. The van der Waals surface area contributed by atoms with E-state index in [0.29, 0.717) is 18.3 Å². The van der Waals surface area contributed by atoms with Crippen LogP contribution in [0.5, 0.6) is 5.75 Å². The van der Waals surface area contributed by atoms with E-state index in [1.807, 2.05) is 0 Å². The van der Waals surface area contributed by atoms with Crippen molar-refractivity contribution in [2.45, 2.75) is 19.8 Å². The molecule has 0 fully saturated rings. The molecule has 1 atom stereocenters. The van der Waals surface area contributed by atoms with Gasteiger partial charge < -0.3 is 9.84 Å². The van der Waals surface area contributed by atoms with Crippen molar-refractivity contribution in [2.24, 2.45) is 5.92 Å². The number of benzene rings is 1. The molecule has 0 radical (unpaired) electrons. The molecular weight excluding hydrogens is 331 g/mol. The van der Waals surface area contributed by atoms with E-state index in [1.54, 1.807) is 24.3 Å². The molecule has 1 aromatic carbocycles. The number of rotatable bonds is 7. The van der Waals surface area contributed by atoms with Gasteiger partial charge in [-0.2, -0.15) is 0 Å². The second-order valence-corrected chi connectivity index (χ2v) is 4.97. The van der Waals surface area contributed by atoms with Gasteiger partial charge in [-0.25, -0.2) is 4.79 Å². The van der Waals surface area contributed by atoms with Crippen LogP contribution < -0.4 is 4.74 Å². The summed E-state index contributed by atoms with van der Waals surface area (Å²) in [6.07, 6.45) is 2.22. The summed E-state index contributed by atoms with van der Waals surface area (Å²) in [5, 5.41) is 8.86. The van der Waals surface area contributed by atoms with Gasteiger partial charge in [0.15, 0.2) is 0 Å². The smallest absolute Gasteiger partial charge is 0.335 e. The number of carbonyl (C=O) groups is 1. The zero-order valence-corrected chi connectivity index (χ0v) is 12.0. The Bertz CT molecular complexity index is 365. The standard InChI is InChI=1S/C13H17IO3/c1-2-10(6-7-14)9-17-12-5-3-4-11(8-12)13(15)16/h3-5,8,10H,2,6-7,9H2,1H3,(H,15,16). The Labute approximate surface area is 115 Å². The molecule has 3 nitrogen and oxygen atoms in total. The number of carboxylic acid groups (broad SMARTS) is 1. The van der Waals surface area contributed by atoms with Crippen LogP contribution in [0, 0.1) is 5.92 Å². The van der Waals surface area contributed by atoms with Crippen molar-refractivity contribution in [2.75, 3.05) is 11.0 Å². The van der Waals surface area contributed by atoms with Crippen LogP contribution in [0.15, 0.2) is 24.3 Å². The van der Waals surface area contributed by atoms with E-state index in [2.05, 4.69) is 29.5 Å². The first kappa shape index (κ1) is 14.3. The first-order chi connectivity index (χ1) is 8.17. The predicted molar refractivity (Wildman–Crippen MR) is 76.2 cm³/mol. The molecule has 0 aliphatic heterocycles. The lowest BCUT2D eigenvalue weighted by atomic mass is 10.1. The number of ether oxygens (including phenoxy) is 1. The van der Waals surface area contributed by atoms with Crippen LogP contribution in [0.3, 0.4) is 0 Å². The third-order valence-corrected chi connectivity index (χ3v) is 3.28.